The van der Waals surface area contributed by atoms with Gasteiger partial charge in [0.2, 0.25) is 0 Å². The lowest BCUT2D eigenvalue weighted by atomic mass is 10.1. The maximum Gasteiger partial charge on any atom is 0.0340 e. The summed E-state index contributed by atoms with van der Waals surface area (Å²) in [6.07, 6.45) is 6.29. The molecule has 2 nitrogen and oxygen atoms in total. The van der Waals surface area contributed by atoms with E-state index in [2.05, 4.69) is 18.5 Å². The number of rotatable bonds is 3. The highest BCUT2D eigenvalue weighted by molar-refractivity contribution is 5.46. The van der Waals surface area contributed by atoms with Gasteiger partial charge in [-0.3, -0.25) is 4.98 Å². The zero-order valence-corrected chi connectivity index (χ0v) is 7.33. The monoisotopic (exact) mass is 162 g/mol. The maximum absolute atomic E-state index is 5.84. The van der Waals surface area contributed by atoms with E-state index in [9.17, 15) is 0 Å². The molecule has 0 spiro atoms. The van der Waals surface area contributed by atoms with E-state index in [0.29, 0.717) is 0 Å². The topological polar surface area (TPSA) is 38.9 Å². The van der Waals surface area contributed by atoms with Gasteiger partial charge in [-0.2, -0.15) is 0 Å². The van der Waals surface area contributed by atoms with Gasteiger partial charge in [-0.25, -0.2) is 0 Å². The molecule has 1 rings (SSSR count). The molecule has 1 atom stereocenters. The summed E-state index contributed by atoms with van der Waals surface area (Å²) < 4.78 is 0. The molecule has 0 aliphatic heterocycles. The molecule has 1 heterocycles. The Balaban J connectivity index is 2.93. The Labute approximate surface area is 73.1 Å². The first-order chi connectivity index (χ1) is 5.77. The Bertz CT molecular complexity index is 268. The zero-order chi connectivity index (χ0) is 8.97. The van der Waals surface area contributed by atoms with E-state index in [1.807, 2.05) is 6.07 Å². The minimum Gasteiger partial charge on any atom is -0.324 e. The van der Waals surface area contributed by atoms with Crippen molar-refractivity contribution >= 4 is 6.08 Å². The van der Waals surface area contributed by atoms with Gasteiger partial charge in [-0.05, 0) is 23.6 Å². The molecule has 64 valence electrons. The van der Waals surface area contributed by atoms with Gasteiger partial charge in [0.05, 0.1) is 0 Å². The lowest BCUT2D eigenvalue weighted by molar-refractivity contribution is 0.695. The van der Waals surface area contributed by atoms with Gasteiger partial charge >= 0.3 is 0 Å². The first kappa shape index (κ1) is 8.94. The quantitative estimate of drug-likeness (QED) is 0.739. The number of pyridine rings is 1. The molecule has 1 aromatic rings. The normalized spacial score (nSPS) is 12.5. The van der Waals surface area contributed by atoms with Crippen LogP contribution in [0.3, 0.4) is 0 Å². The number of aromatic nitrogens is 1. The standard InChI is InChI=1S/C10H14N2/c1-3-8-5-9(7-12-6-8)10(11)4-2/h3,5-7,10H,1,4,11H2,2H3/t10-/m1/s1. The van der Waals surface area contributed by atoms with Crippen molar-refractivity contribution in [2.45, 2.75) is 19.4 Å². The Morgan fingerprint density at radius 2 is 2.42 bits per heavy atom. The summed E-state index contributed by atoms with van der Waals surface area (Å²) in [6, 6.07) is 2.12. The number of hydrogen-bond acceptors (Lipinski definition) is 2. The average molecular weight is 162 g/mol. The lowest BCUT2D eigenvalue weighted by Gasteiger charge is -2.08. The van der Waals surface area contributed by atoms with Crippen LogP contribution in [0.2, 0.25) is 0 Å². The summed E-state index contributed by atoms with van der Waals surface area (Å²) in [5, 5.41) is 0. The summed E-state index contributed by atoms with van der Waals surface area (Å²) in [5.41, 5.74) is 7.95. The maximum atomic E-state index is 5.84. The van der Waals surface area contributed by atoms with Crippen molar-refractivity contribution in [3.8, 4) is 0 Å². The predicted molar refractivity (Wildman–Crippen MR) is 51.5 cm³/mol. The van der Waals surface area contributed by atoms with Crippen molar-refractivity contribution in [2.75, 3.05) is 0 Å². The van der Waals surface area contributed by atoms with Crippen LogP contribution >= 0.6 is 0 Å². The van der Waals surface area contributed by atoms with Crippen molar-refractivity contribution < 1.29 is 0 Å². The van der Waals surface area contributed by atoms with Crippen LogP contribution in [0.1, 0.15) is 30.5 Å². The molecule has 0 aliphatic carbocycles. The second-order valence-electron chi connectivity index (χ2n) is 2.77. The second kappa shape index (κ2) is 4.02. The largest absolute Gasteiger partial charge is 0.324 e. The molecule has 0 unspecified atom stereocenters. The summed E-state index contributed by atoms with van der Waals surface area (Å²) in [5.74, 6) is 0. The van der Waals surface area contributed by atoms with Gasteiger partial charge in [0.25, 0.3) is 0 Å². The second-order valence-corrected chi connectivity index (χ2v) is 2.77. The van der Waals surface area contributed by atoms with Crippen LogP contribution in [0.25, 0.3) is 6.08 Å². The van der Waals surface area contributed by atoms with Gasteiger partial charge in [0.1, 0.15) is 0 Å². The molecule has 2 N–H and O–H groups in total. The third kappa shape index (κ3) is 1.92. The van der Waals surface area contributed by atoms with Gasteiger partial charge in [-0.15, -0.1) is 0 Å². The van der Waals surface area contributed by atoms with Crippen LogP contribution in [0.4, 0.5) is 0 Å². The Morgan fingerprint density at radius 3 is 3.00 bits per heavy atom. The average Bonchev–Trinajstić information content (AvgIpc) is 2.17. The first-order valence-corrected chi connectivity index (χ1v) is 4.11. The van der Waals surface area contributed by atoms with E-state index in [-0.39, 0.29) is 6.04 Å². The molecule has 12 heavy (non-hydrogen) atoms. The third-order valence-electron chi connectivity index (χ3n) is 1.88. The van der Waals surface area contributed by atoms with Gasteiger partial charge < -0.3 is 5.73 Å². The van der Waals surface area contributed by atoms with E-state index in [1.165, 1.54) is 0 Å². The Kier molecular flexibility index (Phi) is 3.00. The van der Waals surface area contributed by atoms with Gasteiger partial charge in [-0.1, -0.05) is 19.6 Å². The van der Waals surface area contributed by atoms with Crippen molar-refractivity contribution in [1.82, 2.24) is 4.98 Å². The molecule has 0 radical (unpaired) electrons. The fourth-order valence-corrected chi connectivity index (χ4v) is 1.03. The van der Waals surface area contributed by atoms with Crippen LogP contribution in [0.5, 0.6) is 0 Å². The van der Waals surface area contributed by atoms with E-state index in [4.69, 9.17) is 5.73 Å². The van der Waals surface area contributed by atoms with Crippen LogP contribution in [-0.2, 0) is 0 Å². The summed E-state index contributed by atoms with van der Waals surface area (Å²) in [7, 11) is 0. The molecule has 2 heteroatoms. The Hall–Kier alpha value is -1.15. The van der Waals surface area contributed by atoms with E-state index >= 15 is 0 Å². The predicted octanol–water partition coefficient (Wildman–Crippen LogP) is 2.13. The molecule has 0 aromatic carbocycles. The number of nitrogens with two attached hydrogens (primary N) is 1. The van der Waals surface area contributed by atoms with Crippen LogP contribution < -0.4 is 5.73 Å². The molecule has 0 fully saturated rings. The van der Waals surface area contributed by atoms with Crippen LogP contribution in [0.15, 0.2) is 25.0 Å². The van der Waals surface area contributed by atoms with Gasteiger partial charge in [0.15, 0.2) is 0 Å². The first-order valence-electron chi connectivity index (χ1n) is 4.11. The van der Waals surface area contributed by atoms with E-state index in [0.717, 1.165) is 17.5 Å². The minimum atomic E-state index is 0.0948. The van der Waals surface area contributed by atoms with Crippen molar-refractivity contribution in [2.24, 2.45) is 5.73 Å². The molecule has 0 saturated carbocycles. The van der Waals surface area contributed by atoms with Crippen LogP contribution in [0, 0.1) is 0 Å². The molecule has 0 bridgehead atoms. The molecule has 0 saturated heterocycles. The van der Waals surface area contributed by atoms with E-state index < -0.39 is 0 Å². The molecular weight excluding hydrogens is 148 g/mol. The third-order valence-corrected chi connectivity index (χ3v) is 1.88. The summed E-state index contributed by atoms with van der Waals surface area (Å²) in [4.78, 5) is 4.07. The summed E-state index contributed by atoms with van der Waals surface area (Å²) in [6.45, 7) is 5.74. The van der Waals surface area contributed by atoms with Crippen molar-refractivity contribution in [3.63, 3.8) is 0 Å². The fourth-order valence-electron chi connectivity index (χ4n) is 1.03. The molecule has 1 aromatic heterocycles. The minimum absolute atomic E-state index is 0.0948. The molecule has 0 amide bonds. The summed E-state index contributed by atoms with van der Waals surface area (Å²) >= 11 is 0. The van der Waals surface area contributed by atoms with Crippen molar-refractivity contribution in [3.05, 3.63) is 36.2 Å². The van der Waals surface area contributed by atoms with Crippen LogP contribution in [-0.4, -0.2) is 4.98 Å². The van der Waals surface area contributed by atoms with Gasteiger partial charge in [0, 0.05) is 18.4 Å². The number of hydrogen-bond donors (Lipinski definition) is 1. The Morgan fingerprint density at radius 1 is 1.67 bits per heavy atom. The molecular formula is C10H14N2. The number of nitrogens with zero attached hydrogens (tertiary/aromatic N) is 1. The highest BCUT2D eigenvalue weighted by Crippen LogP contribution is 2.13. The lowest BCUT2D eigenvalue weighted by Crippen LogP contribution is -2.08. The van der Waals surface area contributed by atoms with E-state index in [1.54, 1.807) is 18.5 Å². The zero-order valence-electron chi connectivity index (χ0n) is 7.33. The van der Waals surface area contributed by atoms with Crippen molar-refractivity contribution in [1.29, 1.82) is 0 Å². The highest BCUT2D eigenvalue weighted by atomic mass is 14.7. The highest BCUT2D eigenvalue weighted by Gasteiger charge is 2.02. The molecule has 0 aliphatic rings. The fraction of sp³-hybridized carbons (Fsp3) is 0.300. The smallest absolute Gasteiger partial charge is 0.0340 e. The SMILES string of the molecule is C=Cc1cncc([C@H](N)CC)c1.